The Hall–Kier alpha value is -3.19. The van der Waals surface area contributed by atoms with Crippen LogP contribution in [-0.4, -0.2) is 35.1 Å². The first-order chi connectivity index (χ1) is 12.4. The van der Waals surface area contributed by atoms with Crippen LogP contribution in [0.4, 0.5) is 0 Å². The molecule has 0 atom stereocenters. The topological polar surface area (TPSA) is 131 Å². The number of ketones is 2. The van der Waals surface area contributed by atoms with Gasteiger partial charge in [-0.25, -0.2) is 4.79 Å². The highest BCUT2D eigenvalue weighted by molar-refractivity contribution is 6.03. The number of nitrogen functional groups attached to an aromatic ring is 1. The summed E-state index contributed by atoms with van der Waals surface area (Å²) in [5.74, 6) is -1.17. The smallest absolute Gasteiger partial charge is 0.341 e. The predicted octanol–water partition coefficient (Wildman–Crippen LogP) is 2.70. The van der Waals surface area contributed by atoms with E-state index in [9.17, 15) is 14.4 Å². The van der Waals surface area contributed by atoms with Gasteiger partial charge in [-0.1, -0.05) is 24.3 Å². The molecular weight excluding hydrogens is 372 g/mol. The van der Waals surface area contributed by atoms with Crippen LogP contribution in [0.2, 0.25) is 0 Å². The second kappa shape index (κ2) is 10.1. The molecule has 0 aliphatic heterocycles. The van der Waals surface area contributed by atoms with Crippen LogP contribution in [0.1, 0.15) is 39.1 Å². The van der Waals surface area contributed by atoms with E-state index in [2.05, 4.69) is 0 Å². The number of halogens is 1. The van der Waals surface area contributed by atoms with Crippen LogP contribution in [0.5, 0.6) is 5.75 Å². The highest BCUT2D eigenvalue weighted by Gasteiger charge is 2.12. The van der Waals surface area contributed by atoms with Gasteiger partial charge in [-0.05, 0) is 24.3 Å². The summed E-state index contributed by atoms with van der Waals surface area (Å²) in [6.07, 6.45) is 0.123. The summed E-state index contributed by atoms with van der Waals surface area (Å²) < 4.78 is 5.00. The molecule has 4 N–H and O–H groups in total. The van der Waals surface area contributed by atoms with Crippen LogP contribution in [0.3, 0.4) is 0 Å². The highest BCUT2D eigenvalue weighted by Crippen LogP contribution is 2.15. The van der Waals surface area contributed by atoms with Crippen molar-refractivity contribution in [3.63, 3.8) is 0 Å². The Morgan fingerprint density at radius 3 is 1.67 bits per heavy atom. The van der Waals surface area contributed by atoms with Gasteiger partial charge in [0, 0.05) is 29.5 Å². The lowest BCUT2D eigenvalue weighted by molar-refractivity contribution is -0.139. The summed E-state index contributed by atoms with van der Waals surface area (Å²) in [5, 5.41) is 15.9. The summed E-state index contributed by atoms with van der Waals surface area (Å²) >= 11 is 0. The fourth-order valence-corrected chi connectivity index (χ4v) is 2.23. The highest BCUT2D eigenvalue weighted by atomic mass is 35.5. The molecule has 2 aromatic carbocycles. The maximum atomic E-state index is 12.2. The van der Waals surface area contributed by atoms with E-state index < -0.39 is 12.6 Å². The number of carboxylic acids is 1. The van der Waals surface area contributed by atoms with Gasteiger partial charge in [-0.2, -0.15) is 0 Å². The third kappa shape index (κ3) is 6.56. The van der Waals surface area contributed by atoms with Crippen molar-refractivity contribution in [2.45, 2.75) is 12.8 Å². The fourth-order valence-electron chi connectivity index (χ4n) is 2.23. The van der Waals surface area contributed by atoms with Gasteiger partial charge in [0.15, 0.2) is 18.2 Å². The number of carbonyl (C=O) groups excluding carboxylic acids is 2. The molecule has 27 heavy (non-hydrogen) atoms. The quantitative estimate of drug-likeness (QED) is 0.343. The number of amidine groups is 1. The van der Waals surface area contributed by atoms with E-state index in [1.54, 1.807) is 24.3 Å². The summed E-state index contributed by atoms with van der Waals surface area (Å²) in [4.78, 5) is 34.8. The first-order valence-electron chi connectivity index (χ1n) is 7.82. The van der Waals surface area contributed by atoms with E-state index in [4.69, 9.17) is 21.0 Å². The van der Waals surface area contributed by atoms with Gasteiger partial charge in [0.25, 0.3) is 0 Å². The van der Waals surface area contributed by atoms with Gasteiger partial charge >= 0.3 is 5.97 Å². The number of ether oxygens (including phenoxy) is 1. The maximum Gasteiger partial charge on any atom is 0.341 e. The Bertz CT molecular complexity index is 832. The lowest BCUT2D eigenvalue weighted by Crippen LogP contribution is -2.11. The van der Waals surface area contributed by atoms with Crippen LogP contribution < -0.4 is 10.5 Å². The number of nitrogens with one attached hydrogen (secondary N) is 1. The van der Waals surface area contributed by atoms with Crippen LogP contribution in [0.15, 0.2) is 48.5 Å². The Kier molecular flexibility index (Phi) is 8.16. The summed E-state index contributed by atoms with van der Waals surface area (Å²) in [6.45, 7) is -0.454. The van der Waals surface area contributed by atoms with Crippen molar-refractivity contribution in [3.8, 4) is 5.75 Å². The third-order valence-corrected chi connectivity index (χ3v) is 3.64. The normalized spacial score (nSPS) is 9.78. The molecule has 0 saturated carbocycles. The molecule has 2 aromatic rings. The van der Waals surface area contributed by atoms with E-state index in [0.717, 1.165) is 0 Å². The van der Waals surface area contributed by atoms with Crippen LogP contribution in [0, 0.1) is 5.41 Å². The first kappa shape index (κ1) is 21.9. The Balaban J connectivity index is 0.00000364. The number of hydrogen-bond acceptors (Lipinski definition) is 5. The van der Waals surface area contributed by atoms with Crippen molar-refractivity contribution < 1.29 is 24.2 Å². The van der Waals surface area contributed by atoms with Crippen LogP contribution >= 0.6 is 12.4 Å². The minimum absolute atomic E-state index is 0. The van der Waals surface area contributed by atoms with Crippen LogP contribution in [0.25, 0.3) is 0 Å². The monoisotopic (exact) mass is 390 g/mol. The lowest BCUT2D eigenvalue weighted by atomic mass is 10.0. The molecule has 0 aromatic heterocycles. The van der Waals surface area contributed by atoms with Gasteiger partial charge in [0.1, 0.15) is 11.6 Å². The zero-order valence-electron chi connectivity index (χ0n) is 14.3. The van der Waals surface area contributed by atoms with Gasteiger partial charge in [0.2, 0.25) is 0 Å². The van der Waals surface area contributed by atoms with Crippen LogP contribution in [-0.2, 0) is 4.79 Å². The molecule has 0 spiro atoms. The van der Waals surface area contributed by atoms with Gasteiger partial charge in [-0.15, -0.1) is 12.4 Å². The number of aliphatic carboxylic acids is 1. The average Bonchev–Trinajstić information content (AvgIpc) is 2.64. The third-order valence-electron chi connectivity index (χ3n) is 3.64. The Morgan fingerprint density at radius 1 is 0.852 bits per heavy atom. The van der Waals surface area contributed by atoms with E-state index in [-0.39, 0.29) is 42.7 Å². The molecule has 142 valence electrons. The van der Waals surface area contributed by atoms with E-state index in [1.165, 1.54) is 24.3 Å². The fraction of sp³-hybridized carbons (Fsp3) is 0.158. The van der Waals surface area contributed by atoms with Gasteiger partial charge in [-0.3, -0.25) is 15.0 Å². The molecule has 0 aliphatic carbocycles. The predicted molar refractivity (Wildman–Crippen MR) is 102 cm³/mol. The summed E-state index contributed by atoms with van der Waals surface area (Å²) in [6, 6.07) is 12.4. The molecule has 0 bridgehead atoms. The van der Waals surface area contributed by atoms with Crippen molar-refractivity contribution >= 4 is 35.8 Å². The average molecular weight is 391 g/mol. The Labute approximate surface area is 162 Å². The number of Topliss-reactive ketones (excluding diaryl/α,β-unsaturated/α-hetero) is 2. The molecule has 0 fully saturated rings. The van der Waals surface area contributed by atoms with Crippen molar-refractivity contribution in [2.75, 3.05) is 6.61 Å². The lowest BCUT2D eigenvalue weighted by Gasteiger charge is -2.05. The molecule has 7 nitrogen and oxygen atoms in total. The number of rotatable bonds is 9. The number of nitrogens with two attached hydrogens (primary N) is 1. The number of carbonyl (C=O) groups is 3. The number of hydrogen-bond donors (Lipinski definition) is 3. The van der Waals surface area contributed by atoms with E-state index in [0.29, 0.717) is 22.4 Å². The molecule has 0 saturated heterocycles. The van der Waals surface area contributed by atoms with Crippen molar-refractivity contribution in [1.29, 1.82) is 5.41 Å². The molecule has 2 rings (SSSR count). The molecule has 8 heteroatoms. The van der Waals surface area contributed by atoms with Crippen molar-refractivity contribution in [2.24, 2.45) is 5.73 Å². The maximum absolute atomic E-state index is 12.2. The summed E-state index contributed by atoms with van der Waals surface area (Å²) in [7, 11) is 0. The van der Waals surface area contributed by atoms with E-state index in [1.807, 2.05) is 0 Å². The zero-order valence-corrected chi connectivity index (χ0v) is 15.1. The second-order valence-corrected chi connectivity index (χ2v) is 5.54. The summed E-state index contributed by atoms with van der Waals surface area (Å²) in [5.41, 5.74) is 6.78. The largest absolute Gasteiger partial charge is 0.482 e. The molecular formula is C19H19ClN2O5. The molecule has 0 amide bonds. The van der Waals surface area contributed by atoms with Crippen molar-refractivity contribution in [3.05, 3.63) is 65.2 Å². The van der Waals surface area contributed by atoms with Gasteiger partial charge < -0.3 is 15.6 Å². The number of benzene rings is 2. The molecule has 0 radical (unpaired) electrons. The second-order valence-electron chi connectivity index (χ2n) is 5.54. The first-order valence-corrected chi connectivity index (χ1v) is 7.82. The van der Waals surface area contributed by atoms with Gasteiger partial charge in [0.05, 0.1) is 0 Å². The number of carboxylic acid groups (broad SMARTS) is 1. The molecule has 0 heterocycles. The Morgan fingerprint density at radius 2 is 1.26 bits per heavy atom. The minimum Gasteiger partial charge on any atom is -0.482 e. The molecule has 0 unspecified atom stereocenters. The van der Waals surface area contributed by atoms with Crippen molar-refractivity contribution in [1.82, 2.24) is 0 Å². The van der Waals surface area contributed by atoms with E-state index >= 15 is 0 Å². The standard InChI is InChI=1S/C19H18N2O5.ClH/c20-19(21)14-3-1-12(2-4-14)16(22)9-10-17(23)13-5-7-15(8-6-13)26-11-18(24)25;/h1-8H,9-11H2,(H3,20,21)(H,24,25);1H. The zero-order chi connectivity index (χ0) is 19.1. The molecule has 0 aliphatic rings. The SMILES string of the molecule is Cl.N=C(N)c1ccc(C(=O)CCC(=O)c2ccc(OCC(=O)O)cc2)cc1. The minimum atomic E-state index is -1.08.